The molecule has 0 unspecified atom stereocenters. The molecule has 0 saturated carbocycles. The quantitative estimate of drug-likeness (QED) is 0.728. The van der Waals surface area contributed by atoms with E-state index in [9.17, 15) is 4.39 Å². The van der Waals surface area contributed by atoms with Gasteiger partial charge in [-0.1, -0.05) is 18.2 Å². The molecular weight excluding hydrogens is 321 g/mol. The van der Waals surface area contributed by atoms with Gasteiger partial charge in [0.15, 0.2) is 0 Å². The van der Waals surface area contributed by atoms with Gasteiger partial charge in [-0.25, -0.2) is 9.37 Å². The minimum absolute atomic E-state index is 0.209. The maximum atomic E-state index is 13.7. The highest BCUT2D eigenvalue weighted by Gasteiger charge is 2.09. The van der Waals surface area contributed by atoms with Gasteiger partial charge in [0.1, 0.15) is 11.6 Å². The normalized spacial score (nSPS) is 10.7. The summed E-state index contributed by atoms with van der Waals surface area (Å²) in [5.74, 6) is 0.557. The van der Waals surface area contributed by atoms with E-state index >= 15 is 0 Å². The Bertz CT molecular complexity index is 739. The van der Waals surface area contributed by atoms with Crippen LogP contribution in [0.4, 0.5) is 4.39 Å². The first-order valence-corrected chi connectivity index (χ1v) is 6.89. The lowest BCUT2D eigenvalue weighted by atomic mass is 10.2. The van der Waals surface area contributed by atoms with Gasteiger partial charge >= 0.3 is 0 Å². The third-order valence-corrected chi connectivity index (χ3v) is 3.41. The van der Waals surface area contributed by atoms with Gasteiger partial charge in [0.05, 0.1) is 6.54 Å². The molecule has 0 aliphatic heterocycles. The number of benzene rings is 1. The fourth-order valence-electron chi connectivity index (χ4n) is 2.04. The van der Waals surface area contributed by atoms with Gasteiger partial charge in [-0.05, 0) is 28.1 Å². The first-order chi connectivity index (χ1) is 9.74. The van der Waals surface area contributed by atoms with Gasteiger partial charge in [0.25, 0.3) is 0 Å². The summed E-state index contributed by atoms with van der Waals surface area (Å²) in [4.78, 5) is 8.46. The average Bonchev–Trinajstić information content (AvgIpc) is 2.90. The molecule has 0 bridgehead atoms. The number of pyridine rings is 1. The van der Waals surface area contributed by atoms with Crippen LogP contribution in [0.3, 0.4) is 0 Å². The number of halogens is 2. The Morgan fingerprint density at radius 3 is 2.85 bits per heavy atom. The minimum atomic E-state index is -0.209. The van der Waals surface area contributed by atoms with Crippen LogP contribution in [-0.4, -0.2) is 14.5 Å². The van der Waals surface area contributed by atoms with Crippen molar-refractivity contribution in [3.05, 3.63) is 71.0 Å². The molecule has 2 heterocycles. The van der Waals surface area contributed by atoms with Crippen LogP contribution in [0.1, 0.15) is 5.56 Å². The van der Waals surface area contributed by atoms with Crippen molar-refractivity contribution < 1.29 is 4.39 Å². The van der Waals surface area contributed by atoms with E-state index in [4.69, 9.17) is 0 Å². The van der Waals surface area contributed by atoms with Crippen LogP contribution in [0.25, 0.3) is 11.4 Å². The first-order valence-electron chi connectivity index (χ1n) is 6.09. The lowest BCUT2D eigenvalue weighted by Crippen LogP contribution is -2.03. The van der Waals surface area contributed by atoms with Crippen molar-refractivity contribution in [3.63, 3.8) is 0 Å². The smallest absolute Gasteiger partial charge is 0.141 e. The summed E-state index contributed by atoms with van der Waals surface area (Å²) < 4.78 is 16.5. The van der Waals surface area contributed by atoms with Crippen molar-refractivity contribution in [2.45, 2.75) is 6.54 Å². The summed E-state index contributed by atoms with van der Waals surface area (Å²) in [6.45, 7) is 0.439. The van der Waals surface area contributed by atoms with Crippen LogP contribution in [0, 0.1) is 5.82 Å². The lowest BCUT2D eigenvalue weighted by Gasteiger charge is -2.09. The van der Waals surface area contributed by atoms with Crippen LogP contribution < -0.4 is 0 Å². The molecule has 3 nitrogen and oxygen atoms in total. The summed E-state index contributed by atoms with van der Waals surface area (Å²) in [6, 6.07) is 8.69. The number of rotatable bonds is 3. The summed E-state index contributed by atoms with van der Waals surface area (Å²) in [7, 11) is 0. The highest BCUT2D eigenvalue weighted by molar-refractivity contribution is 9.10. The largest absolute Gasteiger partial charge is 0.326 e. The third kappa shape index (κ3) is 2.63. The van der Waals surface area contributed by atoms with E-state index in [1.54, 1.807) is 30.7 Å². The molecule has 0 radical (unpaired) electrons. The SMILES string of the molecule is Fc1ccccc1Cn1ccnc1-c1cncc(Br)c1. The molecule has 3 aromatic rings. The zero-order valence-electron chi connectivity index (χ0n) is 10.5. The van der Waals surface area contributed by atoms with Gasteiger partial charge < -0.3 is 4.57 Å². The van der Waals surface area contributed by atoms with Crippen LogP contribution in [-0.2, 0) is 6.54 Å². The monoisotopic (exact) mass is 331 g/mol. The van der Waals surface area contributed by atoms with Crippen molar-refractivity contribution >= 4 is 15.9 Å². The Labute approximate surface area is 124 Å². The van der Waals surface area contributed by atoms with Crippen LogP contribution in [0.2, 0.25) is 0 Å². The van der Waals surface area contributed by atoms with Gasteiger partial charge in [0.2, 0.25) is 0 Å². The molecule has 0 atom stereocenters. The molecule has 3 rings (SSSR count). The molecule has 20 heavy (non-hydrogen) atoms. The van der Waals surface area contributed by atoms with E-state index in [0.717, 1.165) is 15.9 Å². The van der Waals surface area contributed by atoms with Gasteiger partial charge in [-0.3, -0.25) is 4.98 Å². The van der Waals surface area contributed by atoms with Gasteiger partial charge in [-0.2, -0.15) is 0 Å². The summed E-state index contributed by atoms with van der Waals surface area (Å²) >= 11 is 3.39. The number of nitrogens with zero attached hydrogens (tertiary/aromatic N) is 3. The minimum Gasteiger partial charge on any atom is -0.326 e. The predicted octanol–water partition coefficient (Wildman–Crippen LogP) is 3.90. The second-order valence-corrected chi connectivity index (χ2v) is 5.28. The zero-order valence-corrected chi connectivity index (χ0v) is 12.1. The lowest BCUT2D eigenvalue weighted by molar-refractivity contribution is 0.600. The van der Waals surface area contributed by atoms with Crippen LogP contribution in [0.5, 0.6) is 0 Å². The Kier molecular flexibility index (Phi) is 3.60. The molecule has 0 saturated heterocycles. The molecule has 1 aromatic carbocycles. The second kappa shape index (κ2) is 5.54. The van der Waals surface area contributed by atoms with Gasteiger partial charge in [0, 0.05) is 40.4 Å². The molecule has 0 spiro atoms. The molecule has 100 valence electrons. The van der Waals surface area contributed by atoms with Crippen molar-refractivity contribution in [2.24, 2.45) is 0 Å². The van der Waals surface area contributed by atoms with Crippen molar-refractivity contribution in [1.29, 1.82) is 0 Å². The van der Waals surface area contributed by atoms with Crippen LogP contribution >= 0.6 is 15.9 Å². The highest BCUT2D eigenvalue weighted by Crippen LogP contribution is 2.21. The second-order valence-electron chi connectivity index (χ2n) is 4.36. The molecule has 5 heteroatoms. The average molecular weight is 332 g/mol. The Balaban J connectivity index is 1.97. The Morgan fingerprint density at radius 2 is 2.05 bits per heavy atom. The molecule has 0 amide bonds. The molecule has 2 aromatic heterocycles. The van der Waals surface area contributed by atoms with E-state index < -0.39 is 0 Å². The number of aromatic nitrogens is 3. The molecule has 0 fully saturated rings. The highest BCUT2D eigenvalue weighted by atomic mass is 79.9. The van der Waals surface area contributed by atoms with E-state index in [1.165, 1.54) is 6.07 Å². The number of hydrogen-bond acceptors (Lipinski definition) is 2. The Hall–Kier alpha value is -2.01. The van der Waals surface area contributed by atoms with Crippen molar-refractivity contribution in [1.82, 2.24) is 14.5 Å². The summed E-state index contributed by atoms with van der Waals surface area (Å²) in [5.41, 5.74) is 1.52. The maximum Gasteiger partial charge on any atom is 0.141 e. The van der Waals surface area contributed by atoms with Crippen molar-refractivity contribution in [2.75, 3.05) is 0 Å². The molecule has 0 aliphatic rings. The molecule has 0 aliphatic carbocycles. The maximum absolute atomic E-state index is 13.7. The summed E-state index contributed by atoms with van der Waals surface area (Å²) in [5, 5.41) is 0. The fourth-order valence-corrected chi connectivity index (χ4v) is 2.41. The summed E-state index contributed by atoms with van der Waals surface area (Å²) in [6.07, 6.45) is 7.00. The number of imidazole rings is 1. The third-order valence-electron chi connectivity index (χ3n) is 2.98. The number of hydrogen-bond donors (Lipinski definition) is 0. The van der Waals surface area contributed by atoms with E-state index in [-0.39, 0.29) is 5.82 Å². The van der Waals surface area contributed by atoms with E-state index in [0.29, 0.717) is 12.1 Å². The van der Waals surface area contributed by atoms with Gasteiger partial charge in [-0.15, -0.1) is 0 Å². The Morgan fingerprint density at radius 1 is 1.20 bits per heavy atom. The fraction of sp³-hybridized carbons (Fsp3) is 0.0667. The van der Waals surface area contributed by atoms with E-state index in [1.807, 2.05) is 22.9 Å². The first kappa shape index (κ1) is 13.0. The van der Waals surface area contributed by atoms with E-state index in [2.05, 4.69) is 25.9 Å². The molecule has 0 N–H and O–H groups in total. The molecular formula is C15H11BrFN3. The van der Waals surface area contributed by atoms with Crippen molar-refractivity contribution in [3.8, 4) is 11.4 Å². The standard InChI is InChI=1S/C15H11BrFN3/c16-13-7-12(8-18-9-13)15-19-5-6-20(15)10-11-3-1-2-4-14(11)17/h1-9H,10H2. The predicted molar refractivity (Wildman–Crippen MR) is 78.7 cm³/mol. The topological polar surface area (TPSA) is 30.7 Å². The van der Waals surface area contributed by atoms with Crippen LogP contribution in [0.15, 0.2) is 59.6 Å². The zero-order chi connectivity index (χ0) is 13.9.